The van der Waals surface area contributed by atoms with Crippen LogP contribution in [0.25, 0.3) is 0 Å². The number of hydrogen-bond donors (Lipinski definition) is 2. The molecule has 216 valence electrons. The molecule has 2 amide bonds. The van der Waals surface area contributed by atoms with Crippen LogP contribution in [0.3, 0.4) is 0 Å². The molecule has 0 radical (unpaired) electrons. The van der Waals surface area contributed by atoms with Crippen LogP contribution in [0, 0.1) is 10.1 Å². The van der Waals surface area contributed by atoms with Crippen molar-refractivity contribution in [3.8, 4) is 11.5 Å². The number of nitro groups is 1. The number of fused-ring (bicyclic) bond motifs is 1. The van der Waals surface area contributed by atoms with Crippen molar-refractivity contribution in [1.82, 2.24) is 19.8 Å². The van der Waals surface area contributed by atoms with E-state index in [1.807, 2.05) is 4.57 Å². The fraction of sp³-hybridized carbons (Fsp3) is 0.414. The van der Waals surface area contributed by atoms with Gasteiger partial charge in [-0.2, -0.15) is 0 Å². The summed E-state index contributed by atoms with van der Waals surface area (Å²) in [7, 11) is 3.02. The van der Waals surface area contributed by atoms with E-state index in [0.29, 0.717) is 23.6 Å². The zero-order valence-electron chi connectivity index (χ0n) is 23.1. The molecular weight excluding hydrogens is 528 g/mol. The van der Waals surface area contributed by atoms with Gasteiger partial charge in [-0.25, -0.2) is 4.98 Å². The first-order valence-corrected chi connectivity index (χ1v) is 13.6. The van der Waals surface area contributed by atoms with Crippen LogP contribution in [-0.2, 0) is 24.3 Å². The first-order valence-electron chi connectivity index (χ1n) is 13.6. The molecule has 1 aliphatic heterocycles. The maximum Gasteiger partial charge on any atom is 0.269 e. The highest BCUT2D eigenvalue weighted by Gasteiger charge is 2.39. The highest BCUT2D eigenvalue weighted by molar-refractivity contribution is 5.98. The van der Waals surface area contributed by atoms with Crippen LogP contribution in [-0.4, -0.2) is 63.5 Å². The third-order valence-electron chi connectivity index (χ3n) is 7.96. The lowest BCUT2D eigenvalue weighted by Crippen LogP contribution is -2.57. The first-order chi connectivity index (χ1) is 19.8. The summed E-state index contributed by atoms with van der Waals surface area (Å²) in [5.41, 5.74) is 9.06. The molecule has 1 aromatic heterocycles. The van der Waals surface area contributed by atoms with Crippen molar-refractivity contribution < 1.29 is 24.0 Å². The van der Waals surface area contributed by atoms with E-state index in [1.165, 1.54) is 26.4 Å². The normalized spacial score (nSPS) is 20.2. The number of aromatic nitrogens is 2. The van der Waals surface area contributed by atoms with Crippen LogP contribution in [0.1, 0.15) is 53.0 Å². The van der Waals surface area contributed by atoms with Gasteiger partial charge in [-0.05, 0) is 36.6 Å². The first kappa shape index (κ1) is 28.1. The lowest BCUT2D eigenvalue weighted by Gasteiger charge is -2.37. The Balaban J connectivity index is 1.45. The van der Waals surface area contributed by atoms with E-state index in [9.17, 15) is 19.7 Å². The molecule has 0 spiro atoms. The minimum atomic E-state index is -0.778. The second-order valence-corrected chi connectivity index (χ2v) is 10.5. The summed E-state index contributed by atoms with van der Waals surface area (Å²) in [6, 6.07) is 10.2. The van der Waals surface area contributed by atoms with Crippen LogP contribution in [0.5, 0.6) is 11.5 Å². The second-order valence-electron chi connectivity index (χ2n) is 10.5. The molecule has 2 heterocycles. The van der Waals surface area contributed by atoms with E-state index >= 15 is 0 Å². The topological polar surface area (TPSA) is 155 Å². The average Bonchev–Trinajstić information content (AvgIpc) is 3.38. The number of nitrogens with one attached hydrogen (secondary N) is 1. The molecular formula is C29H34N6O6. The van der Waals surface area contributed by atoms with Gasteiger partial charge in [0.2, 0.25) is 5.91 Å². The van der Waals surface area contributed by atoms with E-state index in [-0.39, 0.29) is 42.6 Å². The molecule has 0 saturated heterocycles. The van der Waals surface area contributed by atoms with Crippen molar-refractivity contribution in [2.75, 3.05) is 14.2 Å². The number of hydrogen-bond acceptors (Lipinski definition) is 8. The van der Waals surface area contributed by atoms with Gasteiger partial charge >= 0.3 is 0 Å². The summed E-state index contributed by atoms with van der Waals surface area (Å²) < 4.78 is 12.6. The number of methoxy groups -OCH3 is 2. The highest BCUT2D eigenvalue weighted by atomic mass is 16.6. The van der Waals surface area contributed by atoms with Gasteiger partial charge in [0.25, 0.3) is 11.6 Å². The van der Waals surface area contributed by atoms with E-state index in [1.54, 1.807) is 41.6 Å². The van der Waals surface area contributed by atoms with E-state index in [2.05, 4.69) is 10.3 Å². The quantitative estimate of drug-likeness (QED) is 0.314. The van der Waals surface area contributed by atoms with Crippen molar-refractivity contribution in [3.63, 3.8) is 0 Å². The summed E-state index contributed by atoms with van der Waals surface area (Å²) in [6.07, 6.45) is 5.61. The summed E-state index contributed by atoms with van der Waals surface area (Å²) in [5, 5.41) is 14.2. The van der Waals surface area contributed by atoms with Gasteiger partial charge in [-0.3, -0.25) is 19.7 Å². The number of nitro benzene ring substituents is 1. The molecule has 12 nitrogen and oxygen atoms in total. The lowest BCUT2D eigenvalue weighted by molar-refractivity contribution is -0.384. The number of imidazole rings is 1. The molecule has 1 aliphatic carbocycles. The van der Waals surface area contributed by atoms with E-state index in [4.69, 9.17) is 15.2 Å². The Hall–Kier alpha value is -4.45. The summed E-state index contributed by atoms with van der Waals surface area (Å²) in [6.45, 7) is 0.566. The molecule has 2 aliphatic rings. The Morgan fingerprint density at radius 3 is 2.51 bits per heavy atom. The SMILES string of the molecule is COc1ccc(C(=O)N2Cc3c(ncn3Cc3ccc([N+](=O)[O-])cc3)CC2C(=O)NC2CCCCC2N)cc1OC. The zero-order chi connectivity index (χ0) is 29.1. The van der Waals surface area contributed by atoms with Crippen molar-refractivity contribution in [3.05, 3.63) is 81.4 Å². The number of nitrogens with two attached hydrogens (primary N) is 1. The van der Waals surface area contributed by atoms with E-state index in [0.717, 1.165) is 42.6 Å². The summed E-state index contributed by atoms with van der Waals surface area (Å²) >= 11 is 0. The molecule has 3 N–H and O–H groups in total. The molecule has 5 rings (SSSR count). The molecule has 1 fully saturated rings. The van der Waals surface area contributed by atoms with Crippen LogP contribution >= 0.6 is 0 Å². The standard InChI is InChI=1S/C29H34N6O6/c1-40-26-12-9-19(13-27(26)41-2)29(37)34-16-25-23(14-24(34)28(36)32-22-6-4-3-5-21(22)30)31-17-33(25)15-18-7-10-20(11-8-18)35(38)39/h7-13,17,21-22,24H,3-6,14-16,30H2,1-2H3,(H,32,36). The average molecular weight is 563 g/mol. The summed E-state index contributed by atoms with van der Waals surface area (Å²) in [5.74, 6) is 0.324. The number of ether oxygens (including phenoxy) is 2. The molecule has 2 aromatic carbocycles. The zero-order valence-corrected chi connectivity index (χ0v) is 23.1. The monoisotopic (exact) mass is 562 g/mol. The Morgan fingerprint density at radius 1 is 1.10 bits per heavy atom. The van der Waals surface area contributed by atoms with Crippen LogP contribution in [0.2, 0.25) is 0 Å². The molecule has 41 heavy (non-hydrogen) atoms. The van der Waals surface area contributed by atoms with Crippen LogP contribution < -0.4 is 20.5 Å². The number of rotatable bonds is 8. The van der Waals surface area contributed by atoms with Crippen molar-refractivity contribution in [2.24, 2.45) is 5.73 Å². The number of nitrogens with zero attached hydrogens (tertiary/aromatic N) is 4. The van der Waals surface area contributed by atoms with Gasteiger partial charge in [0.05, 0.1) is 43.4 Å². The van der Waals surface area contributed by atoms with Crippen molar-refractivity contribution >= 4 is 17.5 Å². The molecule has 3 unspecified atom stereocenters. The summed E-state index contributed by atoms with van der Waals surface area (Å²) in [4.78, 5) is 44.4. The second kappa shape index (κ2) is 12.0. The molecule has 1 saturated carbocycles. The van der Waals surface area contributed by atoms with Crippen molar-refractivity contribution in [1.29, 1.82) is 0 Å². The predicted octanol–water partition coefficient (Wildman–Crippen LogP) is 2.81. The number of carbonyl (C=O) groups is 2. The number of non-ortho nitro benzene ring substituents is 1. The molecule has 3 atom stereocenters. The number of benzene rings is 2. The molecule has 3 aromatic rings. The van der Waals surface area contributed by atoms with Gasteiger partial charge in [0.15, 0.2) is 11.5 Å². The Morgan fingerprint density at radius 2 is 1.83 bits per heavy atom. The highest BCUT2D eigenvalue weighted by Crippen LogP contribution is 2.31. The maximum absolute atomic E-state index is 14.0. The van der Waals surface area contributed by atoms with Crippen LogP contribution in [0.15, 0.2) is 48.8 Å². The minimum absolute atomic E-state index is 0.0136. The lowest BCUT2D eigenvalue weighted by atomic mass is 9.90. The van der Waals surface area contributed by atoms with Crippen LogP contribution in [0.4, 0.5) is 5.69 Å². The predicted molar refractivity (Wildman–Crippen MR) is 150 cm³/mol. The maximum atomic E-state index is 14.0. The number of amides is 2. The number of carbonyl (C=O) groups excluding carboxylic acids is 2. The van der Waals surface area contributed by atoms with Gasteiger partial charge in [-0.15, -0.1) is 0 Å². The molecule has 12 heteroatoms. The Labute approximate surface area is 237 Å². The third kappa shape index (κ3) is 5.87. The fourth-order valence-corrected chi connectivity index (χ4v) is 5.62. The fourth-order valence-electron chi connectivity index (χ4n) is 5.62. The third-order valence-corrected chi connectivity index (χ3v) is 7.96. The van der Waals surface area contributed by atoms with Gasteiger partial charge in [0, 0.05) is 42.7 Å². The smallest absolute Gasteiger partial charge is 0.269 e. The van der Waals surface area contributed by atoms with Crippen molar-refractivity contribution in [2.45, 2.75) is 63.3 Å². The largest absolute Gasteiger partial charge is 0.493 e. The Kier molecular flexibility index (Phi) is 8.20. The minimum Gasteiger partial charge on any atom is -0.493 e. The van der Waals surface area contributed by atoms with Gasteiger partial charge in [-0.1, -0.05) is 25.0 Å². The van der Waals surface area contributed by atoms with E-state index < -0.39 is 11.0 Å². The van der Waals surface area contributed by atoms with Gasteiger partial charge in [0.1, 0.15) is 6.04 Å². The molecule has 0 bridgehead atoms. The van der Waals surface area contributed by atoms with Gasteiger partial charge < -0.3 is 30.0 Å². The Bertz CT molecular complexity index is 1440.